The third kappa shape index (κ3) is 4.84. The molecule has 0 radical (unpaired) electrons. The van der Waals surface area contributed by atoms with Gasteiger partial charge in [0, 0.05) is 72.2 Å². The topological polar surface area (TPSA) is 27.1 Å². The number of aryl methyl sites for hydroxylation is 1. The minimum Gasteiger partial charge on any atom is -0.509 e. The first-order valence-electron chi connectivity index (χ1n) is 19.1. The number of pyridine rings is 1. The van der Waals surface area contributed by atoms with Gasteiger partial charge in [0.25, 0.3) is 0 Å². The van der Waals surface area contributed by atoms with Crippen LogP contribution in [-0.4, -0.2) is 9.55 Å². The maximum atomic E-state index is 8.01. The number of rotatable bonds is 6. The fourth-order valence-corrected chi connectivity index (χ4v) is 8.29. The SMILES string of the molecule is [2H]C([2H])([2H])c1ccnc(-n2c3[c-]c(Oc4[c-]c([N+]56[CH-][N@+]5(c5cccc(C(C)(C)C)c5-c5ccccc5)c5ccccc56)ccc4)ccc3c3ccccc32)c1.[Pt]. The number of benzene rings is 6. The Bertz CT molecular complexity index is 2830. The van der Waals surface area contributed by atoms with E-state index >= 15 is 0 Å². The maximum absolute atomic E-state index is 8.01. The third-order valence-corrected chi connectivity index (χ3v) is 10.5. The van der Waals surface area contributed by atoms with Crippen molar-refractivity contribution in [2.75, 3.05) is 0 Å². The molecule has 2 atom stereocenters. The molecule has 1 unspecified atom stereocenters. The van der Waals surface area contributed by atoms with Gasteiger partial charge in [-0.15, -0.1) is 29.7 Å². The smallest absolute Gasteiger partial charge is 0.225 e. The average Bonchev–Trinajstić information content (AvgIpc) is 3.67. The van der Waals surface area contributed by atoms with Gasteiger partial charge in [-0.3, -0.25) is 0 Å². The van der Waals surface area contributed by atoms with E-state index in [1.165, 1.54) is 33.8 Å². The third-order valence-electron chi connectivity index (χ3n) is 10.5. The first kappa shape index (κ1) is 30.2. The zero-order valence-electron chi connectivity index (χ0n) is 32.4. The van der Waals surface area contributed by atoms with Crippen LogP contribution in [0.3, 0.4) is 0 Å². The van der Waals surface area contributed by atoms with Crippen LogP contribution in [0.4, 0.5) is 22.7 Å². The van der Waals surface area contributed by atoms with E-state index in [4.69, 9.17) is 8.85 Å². The van der Waals surface area contributed by atoms with Crippen LogP contribution in [0.5, 0.6) is 11.5 Å². The van der Waals surface area contributed by atoms with Crippen molar-refractivity contribution in [1.82, 2.24) is 18.7 Å². The first-order chi connectivity index (χ1) is 26.5. The maximum Gasteiger partial charge on any atom is 0.225 e. The Labute approximate surface area is 329 Å². The Hall–Kier alpha value is -5.32. The minimum absolute atomic E-state index is 0. The quantitative estimate of drug-likeness (QED) is 0.0946. The summed E-state index contributed by atoms with van der Waals surface area (Å²) in [5.41, 5.74) is 10.2. The van der Waals surface area contributed by atoms with Crippen LogP contribution in [0.1, 0.15) is 36.0 Å². The van der Waals surface area contributed by atoms with Crippen LogP contribution in [0.2, 0.25) is 0 Å². The molecule has 6 heteroatoms. The molecule has 53 heavy (non-hydrogen) atoms. The number of nitrogens with zero attached hydrogens (tertiary/aromatic N) is 4. The largest absolute Gasteiger partial charge is 0.509 e. The Morgan fingerprint density at radius 2 is 1.42 bits per heavy atom. The second-order valence-corrected chi connectivity index (χ2v) is 14.6. The van der Waals surface area contributed by atoms with Gasteiger partial charge in [-0.1, -0.05) is 105 Å². The van der Waals surface area contributed by atoms with Gasteiger partial charge in [0.1, 0.15) is 5.82 Å². The van der Waals surface area contributed by atoms with Crippen LogP contribution < -0.4 is 13.9 Å². The first-order valence-corrected chi connectivity index (χ1v) is 17.6. The summed E-state index contributed by atoms with van der Waals surface area (Å²) in [4.78, 5) is 4.60. The number of para-hydroxylation sites is 3. The molecule has 262 valence electrons. The molecule has 1 saturated heterocycles. The molecule has 0 spiro atoms. The molecule has 2 aliphatic heterocycles. The molecule has 0 saturated carbocycles. The molecule has 2 aliphatic rings. The Morgan fingerprint density at radius 3 is 2.23 bits per heavy atom. The fraction of sp³-hybridized carbons (Fsp3) is 0.106. The zero-order chi connectivity index (χ0) is 37.7. The fourth-order valence-electron chi connectivity index (χ4n) is 8.29. The van der Waals surface area contributed by atoms with Crippen LogP contribution >= 0.6 is 0 Å². The Balaban J connectivity index is 0.00000410. The predicted octanol–water partition coefficient (Wildman–Crippen LogP) is 12.2. The number of hydrogen-bond acceptors (Lipinski definition) is 2. The molecular weight excluding hydrogens is 832 g/mol. The van der Waals surface area contributed by atoms with Crippen molar-refractivity contribution in [3.63, 3.8) is 0 Å². The number of aromatic nitrogens is 2. The van der Waals surface area contributed by atoms with Crippen molar-refractivity contribution in [2.24, 2.45) is 0 Å². The van der Waals surface area contributed by atoms with Crippen molar-refractivity contribution in [2.45, 2.75) is 33.0 Å². The van der Waals surface area contributed by atoms with Gasteiger partial charge in [0.2, 0.25) is 11.4 Å². The van der Waals surface area contributed by atoms with Crippen LogP contribution in [0.15, 0.2) is 146 Å². The molecule has 10 rings (SSSR count). The second-order valence-electron chi connectivity index (χ2n) is 14.6. The summed E-state index contributed by atoms with van der Waals surface area (Å²) in [5, 5.41) is 1.98. The van der Waals surface area contributed by atoms with Crippen molar-refractivity contribution in [1.29, 1.82) is 0 Å². The molecule has 0 bridgehead atoms. The Morgan fingerprint density at radius 1 is 0.698 bits per heavy atom. The summed E-state index contributed by atoms with van der Waals surface area (Å²) in [7, 11) is 0. The predicted molar refractivity (Wildman–Crippen MR) is 212 cm³/mol. The number of ether oxygens (including phenoxy) is 1. The van der Waals surface area contributed by atoms with E-state index in [0.29, 0.717) is 26.5 Å². The minimum atomic E-state index is -2.26. The van der Waals surface area contributed by atoms with Gasteiger partial charge in [-0.05, 0) is 52.5 Å². The molecule has 0 amide bonds. The summed E-state index contributed by atoms with van der Waals surface area (Å²) in [6.07, 6.45) is 1.55. The molecule has 0 N–H and O–H groups in total. The molecule has 5 nitrogen and oxygen atoms in total. The van der Waals surface area contributed by atoms with E-state index in [2.05, 4.69) is 129 Å². The van der Waals surface area contributed by atoms with Crippen molar-refractivity contribution in [3.05, 3.63) is 176 Å². The average molecular weight is 872 g/mol. The van der Waals surface area contributed by atoms with Crippen LogP contribution in [0.25, 0.3) is 38.8 Å². The summed E-state index contributed by atoms with van der Waals surface area (Å²) < 4.78 is 33.6. The van der Waals surface area contributed by atoms with E-state index in [0.717, 1.165) is 27.5 Å². The number of hydrogen-bond donors (Lipinski definition) is 0. The van der Waals surface area contributed by atoms with Crippen molar-refractivity contribution < 1.29 is 29.9 Å². The van der Waals surface area contributed by atoms with E-state index in [1.54, 1.807) is 18.3 Å². The summed E-state index contributed by atoms with van der Waals surface area (Å²) >= 11 is 0. The normalized spacial score (nSPS) is 19.6. The van der Waals surface area contributed by atoms with Crippen LogP contribution in [0, 0.1) is 25.7 Å². The zero-order valence-corrected chi connectivity index (χ0v) is 31.7. The molecule has 0 aliphatic carbocycles. The van der Waals surface area contributed by atoms with Gasteiger partial charge in [0.05, 0.1) is 5.69 Å². The van der Waals surface area contributed by atoms with E-state index in [-0.39, 0.29) is 32.0 Å². The van der Waals surface area contributed by atoms with Crippen LogP contribution in [-0.2, 0) is 26.5 Å². The Kier molecular flexibility index (Phi) is 6.89. The van der Waals surface area contributed by atoms with E-state index in [1.807, 2.05) is 47.0 Å². The molecule has 4 heterocycles. The number of quaternary nitrogens is 2. The summed E-state index contributed by atoms with van der Waals surface area (Å²) in [6, 6.07) is 54.5. The van der Waals surface area contributed by atoms with Gasteiger partial charge in [0.15, 0.2) is 12.4 Å². The van der Waals surface area contributed by atoms with Gasteiger partial charge in [-0.2, -0.15) is 16.7 Å². The molecule has 1 fully saturated rings. The van der Waals surface area contributed by atoms with Gasteiger partial charge >= 0.3 is 0 Å². The van der Waals surface area contributed by atoms with E-state index in [9.17, 15) is 0 Å². The van der Waals surface area contributed by atoms with Gasteiger partial charge < -0.3 is 9.30 Å². The molecular formula is C47H37N4OPt-. The summed E-state index contributed by atoms with van der Waals surface area (Å²) in [6.45, 7) is 6.96. The van der Waals surface area contributed by atoms with Crippen molar-refractivity contribution >= 4 is 44.6 Å². The monoisotopic (exact) mass is 871 g/mol. The van der Waals surface area contributed by atoms with E-state index < -0.39 is 6.85 Å². The van der Waals surface area contributed by atoms with Gasteiger partial charge in [-0.25, -0.2) is 9.58 Å². The second kappa shape index (κ2) is 12.1. The molecule has 8 aromatic rings. The summed E-state index contributed by atoms with van der Waals surface area (Å²) in [5.74, 6) is 1.59. The number of fused-ring (bicyclic) bond motifs is 7. The molecule has 2 aromatic heterocycles. The standard InChI is InChI=1S/C47H37N4O.Pt/c1-32-26-27-48-45(28-32)49-40-20-9-8-18-37(40)38-25-24-36(30-41(38)49)52-35-17-12-16-34(29-35)50-31-51(50,43-22-11-10-21-42(43)50)44-23-13-19-39(47(2,3)4)46(44)33-14-6-5-7-15-33;/h5-28,31H,1-4H3;/q-1;/t50?,51-;/m1./s1/i1D3;. The molecule has 6 aromatic carbocycles. The van der Waals surface area contributed by atoms with Crippen molar-refractivity contribution in [3.8, 4) is 28.4 Å².